The van der Waals surface area contributed by atoms with Gasteiger partial charge < -0.3 is 15.4 Å². The highest BCUT2D eigenvalue weighted by Crippen LogP contribution is 2.25. The number of methoxy groups -OCH3 is 1. The first-order valence-electron chi connectivity index (χ1n) is 7.61. The van der Waals surface area contributed by atoms with Crippen LogP contribution in [0.5, 0.6) is 5.75 Å². The Hall–Kier alpha value is -1.59. The maximum absolute atomic E-state index is 11.8. The summed E-state index contributed by atoms with van der Waals surface area (Å²) in [5.41, 5.74) is 0.788. The zero-order valence-corrected chi connectivity index (χ0v) is 12.9. The minimum atomic E-state index is -0.0189. The molecule has 2 N–H and O–H groups in total. The Morgan fingerprint density at radius 2 is 2.05 bits per heavy atom. The monoisotopic (exact) mass is 291 g/mol. The highest BCUT2D eigenvalue weighted by Gasteiger charge is 2.26. The van der Waals surface area contributed by atoms with Gasteiger partial charge in [-0.1, -0.05) is 6.92 Å². The molecule has 0 radical (unpaired) electrons. The molecule has 21 heavy (non-hydrogen) atoms. The van der Waals surface area contributed by atoms with Crippen LogP contribution in [0.2, 0.25) is 0 Å². The first-order chi connectivity index (χ1) is 10.2. The summed E-state index contributed by atoms with van der Waals surface area (Å²) in [4.78, 5) is 14.3. The first-order valence-corrected chi connectivity index (χ1v) is 7.61. The predicted molar refractivity (Wildman–Crippen MR) is 84.8 cm³/mol. The van der Waals surface area contributed by atoms with Crippen LogP contribution in [-0.4, -0.2) is 50.1 Å². The number of hydrogen-bond acceptors (Lipinski definition) is 4. The zero-order chi connectivity index (χ0) is 15.1. The number of carbonyl (C=O) groups excluding carboxylic acids is 1. The molecule has 5 nitrogen and oxygen atoms in total. The molecule has 1 aromatic carbocycles. The third-order valence-corrected chi connectivity index (χ3v) is 3.70. The summed E-state index contributed by atoms with van der Waals surface area (Å²) in [6, 6.07) is 8.12. The van der Waals surface area contributed by atoms with Crippen molar-refractivity contribution in [3.63, 3.8) is 0 Å². The van der Waals surface area contributed by atoms with Gasteiger partial charge in [-0.15, -0.1) is 0 Å². The van der Waals surface area contributed by atoms with Crippen molar-refractivity contribution in [3.8, 4) is 5.75 Å². The SMILES string of the molecule is CCN(CCNCC(=O)Nc1ccc(OC)cc1)C1CC1. The molecule has 1 amide bonds. The van der Waals surface area contributed by atoms with Crippen LogP contribution in [0.3, 0.4) is 0 Å². The molecule has 0 spiro atoms. The average molecular weight is 291 g/mol. The van der Waals surface area contributed by atoms with Gasteiger partial charge in [-0.25, -0.2) is 0 Å². The maximum Gasteiger partial charge on any atom is 0.238 e. The molecule has 1 aliphatic carbocycles. The first kappa shape index (κ1) is 15.8. The molecule has 0 saturated heterocycles. The summed E-state index contributed by atoms with van der Waals surface area (Å²) in [6.45, 7) is 5.48. The van der Waals surface area contributed by atoms with Gasteiger partial charge in [0.05, 0.1) is 13.7 Å². The van der Waals surface area contributed by atoms with Gasteiger partial charge in [0.15, 0.2) is 0 Å². The van der Waals surface area contributed by atoms with Gasteiger partial charge in [0.1, 0.15) is 5.75 Å². The highest BCUT2D eigenvalue weighted by molar-refractivity contribution is 5.92. The fraction of sp³-hybridized carbons (Fsp3) is 0.562. The molecule has 0 bridgehead atoms. The molecule has 0 unspecified atom stereocenters. The van der Waals surface area contributed by atoms with E-state index in [0.29, 0.717) is 6.54 Å². The number of benzene rings is 1. The second-order valence-electron chi connectivity index (χ2n) is 5.31. The Morgan fingerprint density at radius 3 is 2.62 bits per heavy atom. The molecule has 1 aromatic rings. The van der Waals surface area contributed by atoms with Gasteiger partial charge in [-0.05, 0) is 43.7 Å². The number of nitrogens with one attached hydrogen (secondary N) is 2. The lowest BCUT2D eigenvalue weighted by Gasteiger charge is -2.19. The lowest BCUT2D eigenvalue weighted by atomic mass is 10.3. The van der Waals surface area contributed by atoms with Gasteiger partial charge in [-0.2, -0.15) is 0 Å². The number of carbonyl (C=O) groups is 1. The summed E-state index contributed by atoms with van der Waals surface area (Å²) in [5.74, 6) is 0.764. The molecular formula is C16H25N3O2. The van der Waals surface area contributed by atoms with Gasteiger partial charge in [-0.3, -0.25) is 9.69 Å². The number of rotatable bonds is 9. The van der Waals surface area contributed by atoms with Crippen LogP contribution in [0.1, 0.15) is 19.8 Å². The Balaban J connectivity index is 1.62. The van der Waals surface area contributed by atoms with E-state index in [2.05, 4.69) is 22.5 Å². The molecular weight excluding hydrogens is 266 g/mol. The largest absolute Gasteiger partial charge is 0.497 e. The van der Waals surface area contributed by atoms with E-state index in [1.165, 1.54) is 12.8 Å². The number of nitrogens with zero attached hydrogens (tertiary/aromatic N) is 1. The third-order valence-electron chi connectivity index (χ3n) is 3.70. The normalized spacial score (nSPS) is 14.2. The number of ether oxygens (including phenoxy) is 1. The van der Waals surface area contributed by atoms with Crippen LogP contribution < -0.4 is 15.4 Å². The summed E-state index contributed by atoms with van der Waals surface area (Å²) >= 11 is 0. The molecule has 5 heteroatoms. The van der Waals surface area contributed by atoms with Crippen molar-refractivity contribution in [3.05, 3.63) is 24.3 Å². The van der Waals surface area contributed by atoms with Crippen LogP contribution in [0.25, 0.3) is 0 Å². The Morgan fingerprint density at radius 1 is 1.33 bits per heavy atom. The topological polar surface area (TPSA) is 53.6 Å². The molecule has 0 atom stereocenters. The second kappa shape index (κ2) is 8.00. The van der Waals surface area contributed by atoms with Crippen molar-refractivity contribution < 1.29 is 9.53 Å². The summed E-state index contributed by atoms with van der Waals surface area (Å²) < 4.78 is 5.08. The van der Waals surface area contributed by atoms with E-state index in [-0.39, 0.29) is 5.91 Å². The van der Waals surface area contributed by atoms with E-state index in [1.54, 1.807) is 7.11 Å². The van der Waals surface area contributed by atoms with Gasteiger partial charge in [0.2, 0.25) is 5.91 Å². The van der Waals surface area contributed by atoms with Crippen molar-refractivity contribution in [1.82, 2.24) is 10.2 Å². The predicted octanol–water partition coefficient (Wildman–Crippen LogP) is 1.71. The van der Waals surface area contributed by atoms with Crippen LogP contribution in [0, 0.1) is 0 Å². The standard InChI is InChI=1S/C16H25N3O2/c1-3-19(14-6-7-14)11-10-17-12-16(20)18-13-4-8-15(21-2)9-5-13/h4-5,8-9,14,17H,3,6-7,10-12H2,1-2H3,(H,18,20). The lowest BCUT2D eigenvalue weighted by molar-refractivity contribution is -0.115. The van der Waals surface area contributed by atoms with Crippen molar-refractivity contribution >= 4 is 11.6 Å². The molecule has 0 aromatic heterocycles. The summed E-state index contributed by atoms with van der Waals surface area (Å²) in [6.07, 6.45) is 2.65. The van der Waals surface area contributed by atoms with Gasteiger partial charge >= 0.3 is 0 Å². The zero-order valence-electron chi connectivity index (χ0n) is 12.9. The minimum Gasteiger partial charge on any atom is -0.497 e. The third kappa shape index (κ3) is 5.36. The smallest absolute Gasteiger partial charge is 0.238 e. The number of likely N-dealkylation sites (N-methyl/N-ethyl adjacent to an activating group) is 1. The highest BCUT2D eigenvalue weighted by atomic mass is 16.5. The van der Waals surface area contributed by atoms with Crippen molar-refractivity contribution in [2.75, 3.05) is 38.6 Å². The Bertz CT molecular complexity index is 443. The Kier molecular flexibility index (Phi) is 6.02. The number of amides is 1. The van der Waals surface area contributed by atoms with Crippen molar-refractivity contribution in [2.45, 2.75) is 25.8 Å². The average Bonchev–Trinajstić information content (AvgIpc) is 3.33. The van der Waals surface area contributed by atoms with E-state index in [4.69, 9.17) is 4.74 Å². The van der Waals surface area contributed by atoms with E-state index >= 15 is 0 Å². The summed E-state index contributed by atoms with van der Waals surface area (Å²) in [7, 11) is 1.62. The fourth-order valence-corrected chi connectivity index (χ4v) is 2.34. The van der Waals surface area contributed by atoms with E-state index in [9.17, 15) is 4.79 Å². The van der Waals surface area contributed by atoms with E-state index in [1.807, 2.05) is 24.3 Å². The van der Waals surface area contributed by atoms with Crippen molar-refractivity contribution in [1.29, 1.82) is 0 Å². The molecule has 0 aliphatic heterocycles. The minimum absolute atomic E-state index is 0.0189. The number of anilines is 1. The van der Waals surface area contributed by atoms with Crippen LogP contribution in [-0.2, 0) is 4.79 Å². The second-order valence-corrected chi connectivity index (χ2v) is 5.31. The quantitative estimate of drug-likeness (QED) is 0.680. The van der Waals surface area contributed by atoms with Gasteiger partial charge in [0.25, 0.3) is 0 Å². The molecule has 1 saturated carbocycles. The van der Waals surface area contributed by atoms with Crippen LogP contribution >= 0.6 is 0 Å². The molecule has 1 fully saturated rings. The fourth-order valence-electron chi connectivity index (χ4n) is 2.34. The maximum atomic E-state index is 11.8. The van der Waals surface area contributed by atoms with Crippen LogP contribution in [0.4, 0.5) is 5.69 Å². The van der Waals surface area contributed by atoms with E-state index < -0.39 is 0 Å². The molecule has 116 valence electrons. The van der Waals surface area contributed by atoms with E-state index in [0.717, 1.165) is 37.1 Å². The molecule has 2 rings (SSSR count). The molecule has 1 aliphatic rings. The van der Waals surface area contributed by atoms with Crippen molar-refractivity contribution in [2.24, 2.45) is 0 Å². The molecule has 0 heterocycles. The Labute approximate surface area is 126 Å². The summed E-state index contributed by atoms with van der Waals surface area (Å²) in [5, 5.41) is 6.06. The van der Waals surface area contributed by atoms with Crippen LogP contribution in [0.15, 0.2) is 24.3 Å². The number of hydrogen-bond donors (Lipinski definition) is 2. The lowest BCUT2D eigenvalue weighted by Crippen LogP contribution is -2.36. The van der Waals surface area contributed by atoms with Gasteiger partial charge in [0, 0.05) is 24.8 Å².